The third-order valence-corrected chi connectivity index (χ3v) is 3.64. The van der Waals surface area contributed by atoms with Crippen molar-refractivity contribution in [1.29, 1.82) is 0 Å². The summed E-state index contributed by atoms with van der Waals surface area (Å²) in [5, 5.41) is 3.25. The van der Waals surface area contributed by atoms with E-state index in [4.69, 9.17) is 0 Å². The Labute approximate surface area is 131 Å². The van der Waals surface area contributed by atoms with Gasteiger partial charge in [-0.25, -0.2) is 9.97 Å². The molecule has 2 aromatic rings. The van der Waals surface area contributed by atoms with Gasteiger partial charge in [0.05, 0.1) is 0 Å². The van der Waals surface area contributed by atoms with Crippen LogP contribution in [0.4, 0.5) is 17.6 Å². The summed E-state index contributed by atoms with van der Waals surface area (Å²) in [4.78, 5) is 17.9. The van der Waals surface area contributed by atoms with E-state index in [2.05, 4.69) is 50.0 Å². The summed E-state index contributed by atoms with van der Waals surface area (Å²) in [6, 6.07) is 8.34. The minimum Gasteiger partial charge on any atom is -0.353 e. The standard InChI is InChI=1S/C16H22N6/c1-13(2)19-16-18-8-6-15(20-16)22-11-9-21(10-12-22)14-5-3-4-7-17-14/h3-8,13H,9-12H2,1-2H3,(H,18,19,20). The molecule has 3 rings (SSSR count). The molecule has 0 atom stereocenters. The third-order valence-electron chi connectivity index (χ3n) is 3.64. The molecule has 6 nitrogen and oxygen atoms in total. The molecule has 3 heterocycles. The fraction of sp³-hybridized carbons (Fsp3) is 0.438. The van der Waals surface area contributed by atoms with Crippen LogP contribution in [0.3, 0.4) is 0 Å². The highest BCUT2D eigenvalue weighted by Crippen LogP contribution is 2.18. The van der Waals surface area contributed by atoms with E-state index in [-0.39, 0.29) is 0 Å². The molecule has 1 fully saturated rings. The van der Waals surface area contributed by atoms with Crippen molar-refractivity contribution in [2.45, 2.75) is 19.9 Å². The molecule has 1 aliphatic rings. The van der Waals surface area contributed by atoms with Gasteiger partial charge in [0.25, 0.3) is 0 Å². The molecule has 0 aliphatic carbocycles. The lowest BCUT2D eigenvalue weighted by atomic mass is 10.3. The van der Waals surface area contributed by atoms with Crippen LogP contribution >= 0.6 is 0 Å². The van der Waals surface area contributed by atoms with Crippen LogP contribution in [0.15, 0.2) is 36.7 Å². The highest BCUT2D eigenvalue weighted by atomic mass is 15.3. The van der Waals surface area contributed by atoms with Crippen molar-refractivity contribution < 1.29 is 0 Å². The van der Waals surface area contributed by atoms with Gasteiger partial charge in [0.2, 0.25) is 5.95 Å². The Morgan fingerprint density at radius 1 is 0.909 bits per heavy atom. The summed E-state index contributed by atoms with van der Waals surface area (Å²) in [5.74, 6) is 2.73. The quantitative estimate of drug-likeness (QED) is 0.932. The molecule has 0 aromatic carbocycles. The SMILES string of the molecule is CC(C)Nc1nccc(N2CCN(c3ccccn3)CC2)n1. The Morgan fingerprint density at radius 2 is 1.64 bits per heavy atom. The van der Waals surface area contributed by atoms with E-state index >= 15 is 0 Å². The van der Waals surface area contributed by atoms with Crippen LogP contribution in [-0.2, 0) is 0 Å². The van der Waals surface area contributed by atoms with Crippen molar-refractivity contribution in [3.8, 4) is 0 Å². The molecule has 2 aromatic heterocycles. The van der Waals surface area contributed by atoms with Gasteiger partial charge >= 0.3 is 0 Å². The number of hydrogen-bond donors (Lipinski definition) is 1. The number of rotatable bonds is 4. The molecule has 0 saturated carbocycles. The molecular formula is C16H22N6. The molecule has 1 aliphatic heterocycles. The second-order valence-corrected chi connectivity index (χ2v) is 5.70. The molecule has 6 heteroatoms. The van der Waals surface area contributed by atoms with Crippen LogP contribution in [0.1, 0.15) is 13.8 Å². The molecular weight excluding hydrogens is 276 g/mol. The normalized spacial score (nSPS) is 15.2. The predicted molar refractivity (Wildman–Crippen MR) is 89.5 cm³/mol. The maximum Gasteiger partial charge on any atom is 0.224 e. The van der Waals surface area contributed by atoms with Crippen molar-refractivity contribution in [2.24, 2.45) is 0 Å². The van der Waals surface area contributed by atoms with Gasteiger partial charge in [0, 0.05) is 44.6 Å². The van der Waals surface area contributed by atoms with E-state index < -0.39 is 0 Å². The molecule has 0 unspecified atom stereocenters. The first-order chi connectivity index (χ1) is 10.7. The van der Waals surface area contributed by atoms with E-state index in [0.29, 0.717) is 12.0 Å². The first-order valence-corrected chi connectivity index (χ1v) is 7.73. The Bertz CT molecular complexity index is 593. The fourth-order valence-corrected chi connectivity index (χ4v) is 2.56. The van der Waals surface area contributed by atoms with Crippen LogP contribution in [0, 0.1) is 0 Å². The number of nitrogens with one attached hydrogen (secondary N) is 1. The van der Waals surface area contributed by atoms with E-state index in [0.717, 1.165) is 37.8 Å². The molecule has 1 saturated heterocycles. The Kier molecular flexibility index (Phi) is 4.37. The fourth-order valence-electron chi connectivity index (χ4n) is 2.56. The van der Waals surface area contributed by atoms with Gasteiger partial charge in [-0.2, -0.15) is 4.98 Å². The largest absolute Gasteiger partial charge is 0.353 e. The summed E-state index contributed by atoms with van der Waals surface area (Å²) in [6.45, 7) is 7.95. The molecule has 0 spiro atoms. The zero-order valence-corrected chi connectivity index (χ0v) is 13.1. The lowest BCUT2D eigenvalue weighted by molar-refractivity contribution is 0.641. The van der Waals surface area contributed by atoms with Crippen LogP contribution in [0.2, 0.25) is 0 Å². The zero-order valence-electron chi connectivity index (χ0n) is 13.1. The smallest absolute Gasteiger partial charge is 0.224 e. The molecule has 0 bridgehead atoms. The van der Waals surface area contributed by atoms with Gasteiger partial charge in [-0.3, -0.25) is 0 Å². The van der Waals surface area contributed by atoms with Gasteiger partial charge in [0.15, 0.2) is 0 Å². The average molecular weight is 298 g/mol. The van der Waals surface area contributed by atoms with Crippen LogP contribution in [0.25, 0.3) is 0 Å². The molecule has 0 amide bonds. The number of pyridine rings is 1. The molecule has 0 radical (unpaired) electrons. The second-order valence-electron chi connectivity index (χ2n) is 5.70. The van der Waals surface area contributed by atoms with E-state index in [1.807, 2.05) is 30.6 Å². The van der Waals surface area contributed by atoms with Crippen LogP contribution < -0.4 is 15.1 Å². The minimum absolute atomic E-state index is 0.330. The van der Waals surface area contributed by atoms with Crippen molar-refractivity contribution in [1.82, 2.24) is 15.0 Å². The van der Waals surface area contributed by atoms with Gasteiger partial charge in [-0.1, -0.05) is 6.07 Å². The number of nitrogens with zero attached hydrogens (tertiary/aromatic N) is 5. The number of aromatic nitrogens is 3. The third kappa shape index (κ3) is 3.44. The van der Waals surface area contributed by atoms with Gasteiger partial charge < -0.3 is 15.1 Å². The summed E-state index contributed by atoms with van der Waals surface area (Å²) >= 11 is 0. The molecule has 1 N–H and O–H groups in total. The number of hydrogen-bond acceptors (Lipinski definition) is 6. The Hall–Kier alpha value is -2.37. The van der Waals surface area contributed by atoms with E-state index in [1.165, 1.54) is 0 Å². The van der Waals surface area contributed by atoms with E-state index in [9.17, 15) is 0 Å². The first kappa shape index (κ1) is 14.6. The summed E-state index contributed by atoms with van der Waals surface area (Å²) < 4.78 is 0. The van der Waals surface area contributed by atoms with Gasteiger partial charge in [-0.05, 0) is 32.0 Å². The van der Waals surface area contributed by atoms with E-state index in [1.54, 1.807) is 0 Å². The minimum atomic E-state index is 0.330. The second kappa shape index (κ2) is 6.60. The highest BCUT2D eigenvalue weighted by molar-refractivity contribution is 5.46. The number of piperazine rings is 1. The Balaban J connectivity index is 1.64. The molecule has 22 heavy (non-hydrogen) atoms. The Morgan fingerprint density at radius 3 is 2.27 bits per heavy atom. The van der Waals surface area contributed by atoms with Gasteiger partial charge in [-0.15, -0.1) is 0 Å². The zero-order chi connectivity index (χ0) is 15.4. The van der Waals surface area contributed by atoms with Crippen molar-refractivity contribution in [3.05, 3.63) is 36.7 Å². The van der Waals surface area contributed by atoms with Crippen molar-refractivity contribution in [2.75, 3.05) is 41.3 Å². The molecule has 116 valence electrons. The maximum absolute atomic E-state index is 4.60. The average Bonchev–Trinajstić information content (AvgIpc) is 2.55. The lowest BCUT2D eigenvalue weighted by Gasteiger charge is -2.36. The van der Waals surface area contributed by atoms with Crippen molar-refractivity contribution in [3.63, 3.8) is 0 Å². The summed E-state index contributed by atoms with van der Waals surface area (Å²) in [5.41, 5.74) is 0. The van der Waals surface area contributed by atoms with Crippen LogP contribution in [0.5, 0.6) is 0 Å². The lowest BCUT2D eigenvalue weighted by Crippen LogP contribution is -2.47. The highest BCUT2D eigenvalue weighted by Gasteiger charge is 2.19. The topological polar surface area (TPSA) is 57.2 Å². The maximum atomic E-state index is 4.60. The monoisotopic (exact) mass is 298 g/mol. The van der Waals surface area contributed by atoms with Crippen molar-refractivity contribution >= 4 is 17.6 Å². The number of anilines is 3. The summed E-state index contributed by atoms with van der Waals surface area (Å²) in [7, 11) is 0. The van der Waals surface area contributed by atoms with Crippen LogP contribution in [-0.4, -0.2) is 47.2 Å². The van der Waals surface area contributed by atoms with Gasteiger partial charge in [0.1, 0.15) is 11.6 Å². The summed E-state index contributed by atoms with van der Waals surface area (Å²) in [6.07, 6.45) is 3.66. The first-order valence-electron chi connectivity index (χ1n) is 7.73. The predicted octanol–water partition coefficient (Wildman–Crippen LogP) is 2.02.